The molecule has 4 rings (SSSR count). The molecular weight excluding hydrogens is 907 g/mol. The van der Waals surface area contributed by atoms with Gasteiger partial charge in [-0.05, 0) is 6.04 Å². The third-order valence-corrected chi connectivity index (χ3v) is 12.2. The molecular formula is C40H61NO24Si. The maximum absolute atomic E-state index is 14.6. The Kier molecular flexibility index (Phi) is 19.0. The third kappa shape index (κ3) is 14.3. The van der Waals surface area contributed by atoms with E-state index in [1.807, 2.05) is 0 Å². The predicted octanol–water partition coefficient (Wildman–Crippen LogP) is -1.96. The first-order chi connectivity index (χ1) is 30.7. The average Bonchev–Trinajstić information content (AvgIpc) is 3.18. The summed E-state index contributed by atoms with van der Waals surface area (Å²) in [5.41, 5.74) is 0. The molecule has 4 aliphatic rings. The van der Waals surface area contributed by atoms with E-state index in [1.54, 1.807) is 0 Å². The Labute approximate surface area is 380 Å². The Hall–Kier alpha value is -4.38. The van der Waals surface area contributed by atoms with Gasteiger partial charge in [0, 0.05) is 63.1 Å². The van der Waals surface area contributed by atoms with Crippen molar-refractivity contribution in [2.45, 2.75) is 178 Å². The number of ether oxygens (including phenoxy) is 13. The van der Waals surface area contributed by atoms with Gasteiger partial charge in [0.25, 0.3) is 5.79 Å². The topological polar surface area (TPSA) is 329 Å². The van der Waals surface area contributed by atoms with Crippen molar-refractivity contribution in [3.05, 3.63) is 0 Å². The summed E-state index contributed by atoms with van der Waals surface area (Å²) in [6, 6.07) is -0.875. The molecule has 0 bridgehead atoms. The zero-order chi connectivity index (χ0) is 49.4. The van der Waals surface area contributed by atoms with E-state index in [1.165, 1.54) is 0 Å². The van der Waals surface area contributed by atoms with Crippen molar-refractivity contribution in [1.29, 1.82) is 0 Å². The van der Waals surface area contributed by atoms with Gasteiger partial charge >= 0.3 is 41.8 Å². The molecule has 9 unspecified atom stereocenters. The number of fused-ring (bicyclic) bond motifs is 1. The molecule has 4 N–H and O–H groups in total. The Balaban J connectivity index is 1.84. The molecule has 4 heterocycles. The van der Waals surface area contributed by atoms with Crippen LogP contribution < -0.4 is 5.32 Å². The fourth-order valence-electron chi connectivity index (χ4n) is 7.71. The highest BCUT2D eigenvalue weighted by atomic mass is 28.3. The number of hydrogen-bond donors (Lipinski definition) is 4. The van der Waals surface area contributed by atoms with Gasteiger partial charge in [-0.2, -0.15) is 0 Å². The zero-order valence-electron chi connectivity index (χ0n) is 38.3. The van der Waals surface area contributed by atoms with E-state index in [0.717, 1.165) is 48.5 Å². The Morgan fingerprint density at radius 1 is 0.758 bits per heavy atom. The fourth-order valence-corrected chi connectivity index (χ4v) is 8.44. The summed E-state index contributed by atoms with van der Waals surface area (Å²) in [5, 5.41) is 35.5. The standard InChI is InChI=1S/C40H61NO24Si/c1-17(43)41-28-24(56-20(4)46)13-40(64-34(28)32(58-22(6)48)26(57-21(5)47)15-54-18(2)44)39(52)63-36-35(65-40)33(59-23(7)49)27(16-55-19(3)45)61-38(36)62-31-25(14-42)60-37(30(51)29(31)50)53-11-12-66(8,9)10/h24-38,42,50-51H,11-16H2,1-10H3,(H,41,43)/t24?,25-,26+,27?,28?,29-,30-,31-,32+,33?,34?,35?,36?,37-,38?,40?/m1/s1. The van der Waals surface area contributed by atoms with Crippen molar-refractivity contribution >= 4 is 55.8 Å². The molecule has 0 aromatic heterocycles. The first kappa shape index (κ1) is 54.2. The smallest absolute Gasteiger partial charge is 0.367 e. The maximum atomic E-state index is 14.6. The van der Waals surface area contributed by atoms with E-state index in [0.29, 0.717) is 6.04 Å². The van der Waals surface area contributed by atoms with Gasteiger partial charge in [0.2, 0.25) is 5.91 Å². The fraction of sp³-hybridized carbons (Fsp3) is 0.800. The van der Waals surface area contributed by atoms with Gasteiger partial charge in [-0.25, -0.2) is 4.79 Å². The largest absolute Gasteiger partial charge is 0.463 e. The molecule has 0 radical (unpaired) electrons. The van der Waals surface area contributed by atoms with Crippen molar-refractivity contribution in [1.82, 2.24) is 5.32 Å². The molecule has 374 valence electrons. The van der Waals surface area contributed by atoms with Crippen LogP contribution in [0.1, 0.15) is 54.9 Å². The molecule has 1 amide bonds. The maximum Gasteiger partial charge on any atom is 0.367 e. The number of amides is 1. The first-order valence-corrected chi connectivity index (χ1v) is 24.8. The third-order valence-electron chi connectivity index (χ3n) is 10.5. The Morgan fingerprint density at radius 2 is 1.38 bits per heavy atom. The summed E-state index contributed by atoms with van der Waals surface area (Å²) in [4.78, 5) is 102. The summed E-state index contributed by atoms with van der Waals surface area (Å²) in [6.07, 6.45) is -24.6. The van der Waals surface area contributed by atoms with Gasteiger partial charge in [-0.1, -0.05) is 19.6 Å². The van der Waals surface area contributed by atoms with Gasteiger partial charge in [-0.15, -0.1) is 0 Å². The minimum atomic E-state index is -2.79. The highest BCUT2D eigenvalue weighted by molar-refractivity contribution is 6.76. The number of nitrogens with one attached hydrogen (secondary N) is 1. The lowest BCUT2D eigenvalue weighted by Crippen LogP contribution is -2.75. The molecule has 66 heavy (non-hydrogen) atoms. The summed E-state index contributed by atoms with van der Waals surface area (Å²) in [5.74, 6) is -10.5. The molecule has 0 aromatic rings. The molecule has 0 aliphatic carbocycles. The number of esters is 7. The van der Waals surface area contributed by atoms with Gasteiger partial charge in [0.15, 0.2) is 37.0 Å². The van der Waals surface area contributed by atoms with E-state index in [-0.39, 0.29) is 6.61 Å². The SMILES string of the molecule is CC(=O)NC1C(OC(C)=O)CC2(OC3C(OC(C)=O)C(COC(C)=O)OC(O[C@H]4[C@H](O)[C@@H](O)[C@H](OCC[Si](C)(C)C)O[C@@H]4CO)C3OC2=O)OC1[C@@H](OC(C)=O)[C@H](COC(C)=O)OC(C)=O. The lowest BCUT2D eigenvalue weighted by Gasteiger charge is -2.55. The first-order valence-electron chi connectivity index (χ1n) is 21.1. The van der Waals surface area contributed by atoms with Crippen molar-refractivity contribution in [2.24, 2.45) is 0 Å². The molecule has 25 nitrogen and oxygen atoms in total. The summed E-state index contributed by atoms with van der Waals surface area (Å²) >= 11 is 0. The van der Waals surface area contributed by atoms with Gasteiger partial charge in [0.05, 0.1) is 19.1 Å². The second kappa shape index (κ2) is 23.1. The van der Waals surface area contributed by atoms with Crippen LogP contribution in [0.25, 0.3) is 0 Å². The van der Waals surface area contributed by atoms with Crippen LogP contribution in [-0.2, 0) is 99.9 Å². The Morgan fingerprint density at radius 3 is 1.92 bits per heavy atom. The number of aliphatic hydroxyl groups excluding tert-OH is 3. The van der Waals surface area contributed by atoms with Crippen molar-refractivity contribution in [3.8, 4) is 0 Å². The monoisotopic (exact) mass is 967 g/mol. The van der Waals surface area contributed by atoms with Crippen LogP contribution >= 0.6 is 0 Å². The average molecular weight is 968 g/mol. The van der Waals surface area contributed by atoms with Crippen LogP contribution in [0.2, 0.25) is 25.7 Å². The van der Waals surface area contributed by atoms with Crippen LogP contribution in [0.3, 0.4) is 0 Å². The summed E-state index contributed by atoms with van der Waals surface area (Å²) in [6.45, 7) is 11.4. The van der Waals surface area contributed by atoms with Gasteiger partial charge in [0.1, 0.15) is 62.0 Å². The molecule has 0 aromatic carbocycles. The summed E-state index contributed by atoms with van der Waals surface area (Å²) in [7, 11) is -1.61. The molecule has 16 atom stereocenters. The summed E-state index contributed by atoms with van der Waals surface area (Å²) < 4.78 is 75.2. The van der Waals surface area contributed by atoms with E-state index in [9.17, 15) is 53.7 Å². The number of rotatable bonds is 18. The van der Waals surface area contributed by atoms with Crippen LogP contribution in [0.15, 0.2) is 0 Å². The molecule has 26 heteroatoms. The molecule has 4 aliphatic heterocycles. The quantitative estimate of drug-likeness (QED) is 0.0658. The van der Waals surface area contributed by atoms with E-state index in [2.05, 4.69) is 25.0 Å². The van der Waals surface area contributed by atoms with E-state index < -0.39 is 180 Å². The molecule has 1 spiro atoms. The van der Waals surface area contributed by atoms with Gasteiger partial charge in [-0.3, -0.25) is 33.6 Å². The second-order valence-electron chi connectivity index (χ2n) is 17.3. The van der Waals surface area contributed by atoms with Crippen LogP contribution in [-0.4, -0.2) is 195 Å². The predicted molar refractivity (Wildman–Crippen MR) is 215 cm³/mol. The van der Waals surface area contributed by atoms with Crippen LogP contribution in [0.4, 0.5) is 0 Å². The minimum Gasteiger partial charge on any atom is -0.463 e. The van der Waals surface area contributed by atoms with Crippen molar-refractivity contribution < 1.29 is 115 Å². The lowest BCUT2D eigenvalue weighted by atomic mass is 9.86. The van der Waals surface area contributed by atoms with E-state index in [4.69, 9.17) is 61.6 Å². The van der Waals surface area contributed by atoms with Crippen LogP contribution in [0.5, 0.6) is 0 Å². The minimum absolute atomic E-state index is 0.165. The number of aliphatic hydroxyl groups is 3. The number of carbonyl (C=O) groups excluding carboxylic acids is 8. The second-order valence-corrected chi connectivity index (χ2v) is 22.9. The molecule has 0 saturated carbocycles. The van der Waals surface area contributed by atoms with E-state index >= 15 is 0 Å². The van der Waals surface area contributed by atoms with Crippen molar-refractivity contribution in [3.63, 3.8) is 0 Å². The molecule has 4 saturated heterocycles. The van der Waals surface area contributed by atoms with Gasteiger partial charge < -0.3 is 82.2 Å². The number of hydrogen-bond acceptors (Lipinski definition) is 24. The normalized spacial score (nSPS) is 34.0. The highest BCUT2D eigenvalue weighted by Gasteiger charge is 2.67. The van der Waals surface area contributed by atoms with Crippen molar-refractivity contribution in [2.75, 3.05) is 26.4 Å². The Bertz CT molecular complexity index is 1770. The zero-order valence-corrected chi connectivity index (χ0v) is 39.3. The molecule has 4 fully saturated rings. The van der Waals surface area contributed by atoms with Crippen LogP contribution in [0, 0.1) is 0 Å². The lowest BCUT2D eigenvalue weighted by molar-refractivity contribution is -0.408. The number of carbonyl (C=O) groups is 8. The highest BCUT2D eigenvalue weighted by Crippen LogP contribution is 2.45.